The van der Waals surface area contributed by atoms with Gasteiger partial charge in [0, 0.05) is 11.6 Å². The molecule has 32 heavy (non-hydrogen) atoms. The van der Waals surface area contributed by atoms with Crippen molar-refractivity contribution in [3.8, 4) is 5.75 Å². The number of rotatable bonds is 7. The summed E-state index contributed by atoms with van der Waals surface area (Å²) in [7, 11) is 1.59. The van der Waals surface area contributed by atoms with E-state index >= 15 is 0 Å². The second-order valence-electron chi connectivity index (χ2n) is 8.61. The molecule has 10 heteroatoms. The number of nitrogens with zero attached hydrogens (tertiary/aromatic N) is 4. The Morgan fingerprint density at radius 1 is 1.25 bits per heavy atom. The van der Waals surface area contributed by atoms with E-state index in [4.69, 9.17) is 27.9 Å². The number of halogens is 2. The van der Waals surface area contributed by atoms with Gasteiger partial charge in [-0.15, -0.1) is 0 Å². The summed E-state index contributed by atoms with van der Waals surface area (Å²) in [5.41, 5.74) is 1.14. The molecule has 0 aliphatic carbocycles. The molecule has 2 aromatic heterocycles. The van der Waals surface area contributed by atoms with Gasteiger partial charge in [0.2, 0.25) is 0 Å². The summed E-state index contributed by atoms with van der Waals surface area (Å²) >= 11 is 12.4. The second kappa shape index (κ2) is 8.77. The molecule has 8 nitrogen and oxygen atoms in total. The van der Waals surface area contributed by atoms with Gasteiger partial charge in [-0.2, -0.15) is 0 Å². The zero-order valence-electron chi connectivity index (χ0n) is 18.1. The number of carbonyl (C=O) groups is 1. The fraction of sp³-hybridized carbons (Fsp3) is 0.409. The minimum atomic E-state index is -1.03. The molecule has 1 atom stereocenters. The lowest BCUT2D eigenvalue weighted by atomic mass is 10.0. The van der Waals surface area contributed by atoms with E-state index in [-0.39, 0.29) is 18.6 Å². The predicted molar refractivity (Wildman–Crippen MR) is 123 cm³/mol. The van der Waals surface area contributed by atoms with Gasteiger partial charge in [-0.1, -0.05) is 29.3 Å². The summed E-state index contributed by atoms with van der Waals surface area (Å²) in [6.45, 7) is 4.35. The SMILES string of the molecule is COc1ccc(CC2CN(Cc3nc4nc(Cl)ccc4[nH]3)C(=O)N2CC(C)(C)O)c(Cl)c1. The van der Waals surface area contributed by atoms with Crippen molar-refractivity contribution in [2.45, 2.75) is 38.5 Å². The predicted octanol–water partition coefficient (Wildman–Crippen LogP) is 3.89. The second-order valence-corrected chi connectivity index (χ2v) is 9.40. The molecule has 1 saturated heterocycles. The first-order valence-electron chi connectivity index (χ1n) is 10.2. The number of ether oxygens (including phenoxy) is 1. The van der Waals surface area contributed by atoms with Crippen LogP contribution < -0.4 is 4.74 Å². The molecule has 3 heterocycles. The van der Waals surface area contributed by atoms with Crippen LogP contribution in [-0.4, -0.2) is 67.7 Å². The smallest absolute Gasteiger partial charge is 0.320 e. The summed E-state index contributed by atoms with van der Waals surface area (Å²) in [6, 6.07) is 8.70. The van der Waals surface area contributed by atoms with E-state index < -0.39 is 5.60 Å². The Bertz CT molecular complexity index is 1140. The zero-order chi connectivity index (χ0) is 23.0. The number of pyridine rings is 1. The molecule has 0 spiro atoms. The molecule has 0 bridgehead atoms. The van der Waals surface area contributed by atoms with E-state index in [1.165, 1.54) is 0 Å². The van der Waals surface area contributed by atoms with E-state index in [1.54, 1.807) is 42.9 Å². The van der Waals surface area contributed by atoms with Crippen LogP contribution in [0.1, 0.15) is 25.2 Å². The van der Waals surface area contributed by atoms with Crippen LogP contribution in [0.4, 0.5) is 4.79 Å². The Morgan fingerprint density at radius 2 is 2.03 bits per heavy atom. The van der Waals surface area contributed by atoms with Gasteiger partial charge in [0.1, 0.15) is 16.7 Å². The van der Waals surface area contributed by atoms with Crippen molar-refractivity contribution >= 4 is 40.4 Å². The number of H-pyrrole nitrogens is 1. The first-order valence-corrected chi connectivity index (χ1v) is 11.0. The van der Waals surface area contributed by atoms with Crippen molar-refractivity contribution in [1.82, 2.24) is 24.8 Å². The number of amides is 2. The lowest BCUT2D eigenvalue weighted by molar-refractivity contribution is 0.0425. The van der Waals surface area contributed by atoms with E-state index in [9.17, 15) is 9.90 Å². The van der Waals surface area contributed by atoms with E-state index in [0.29, 0.717) is 46.9 Å². The number of aromatic amines is 1. The average molecular weight is 478 g/mol. The number of hydrogen-bond acceptors (Lipinski definition) is 5. The maximum Gasteiger partial charge on any atom is 0.320 e. The number of aromatic nitrogens is 3. The molecule has 0 radical (unpaired) electrons. The number of imidazole rings is 1. The van der Waals surface area contributed by atoms with Crippen LogP contribution in [0.15, 0.2) is 30.3 Å². The van der Waals surface area contributed by atoms with Gasteiger partial charge in [0.05, 0.1) is 37.4 Å². The third-order valence-corrected chi connectivity index (χ3v) is 5.93. The number of aliphatic hydroxyl groups is 1. The Hall–Kier alpha value is -2.55. The molecular weight excluding hydrogens is 453 g/mol. The molecule has 1 unspecified atom stereocenters. The lowest BCUT2D eigenvalue weighted by Crippen LogP contribution is -2.45. The monoisotopic (exact) mass is 477 g/mol. The van der Waals surface area contributed by atoms with Crippen LogP contribution in [-0.2, 0) is 13.0 Å². The highest BCUT2D eigenvalue weighted by molar-refractivity contribution is 6.31. The fourth-order valence-electron chi connectivity index (χ4n) is 3.94. The summed E-state index contributed by atoms with van der Waals surface area (Å²) in [5.74, 6) is 1.30. The summed E-state index contributed by atoms with van der Waals surface area (Å²) in [5, 5.41) is 11.3. The molecule has 1 fully saturated rings. The van der Waals surface area contributed by atoms with E-state index in [1.807, 2.05) is 18.2 Å². The standard InChI is InChI=1S/C22H25Cl2N5O3/c1-22(2,31)12-29-14(8-13-4-5-15(32-3)9-16(13)23)10-28(21(29)30)11-19-25-17-6-7-18(24)26-20(17)27-19/h4-7,9,14,31H,8,10-12H2,1-3H3,(H,25,26,27). The maximum atomic E-state index is 13.3. The first kappa shape index (κ1) is 22.6. The van der Waals surface area contributed by atoms with Crippen LogP contribution in [0.5, 0.6) is 5.75 Å². The van der Waals surface area contributed by atoms with Gasteiger partial charge in [-0.25, -0.2) is 14.8 Å². The van der Waals surface area contributed by atoms with Gasteiger partial charge in [-0.3, -0.25) is 0 Å². The van der Waals surface area contributed by atoms with Crippen molar-refractivity contribution in [2.24, 2.45) is 0 Å². The number of fused-ring (bicyclic) bond motifs is 1. The average Bonchev–Trinajstić information content (AvgIpc) is 3.23. The molecule has 4 rings (SSSR count). The van der Waals surface area contributed by atoms with Crippen LogP contribution in [0, 0.1) is 0 Å². The molecule has 170 valence electrons. The first-order chi connectivity index (χ1) is 15.1. The molecule has 1 aliphatic heterocycles. The molecule has 0 saturated carbocycles. The molecule has 1 aliphatic rings. The molecule has 2 amide bonds. The van der Waals surface area contributed by atoms with Crippen LogP contribution in [0.3, 0.4) is 0 Å². The van der Waals surface area contributed by atoms with Crippen molar-refractivity contribution in [3.05, 3.63) is 51.9 Å². The van der Waals surface area contributed by atoms with Crippen molar-refractivity contribution < 1.29 is 14.6 Å². The molecule has 1 aromatic carbocycles. The van der Waals surface area contributed by atoms with Gasteiger partial charge in [-0.05, 0) is 50.1 Å². The highest BCUT2D eigenvalue weighted by atomic mass is 35.5. The van der Waals surface area contributed by atoms with Gasteiger partial charge in [0.15, 0.2) is 5.65 Å². The van der Waals surface area contributed by atoms with Crippen molar-refractivity contribution in [1.29, 1.82) is 0 Å². The number of urea groups is 1. The summed E-state index contributed by atoms with van der Waals surface area (Å²) in [4.78, 5) is 28.5. The summed E-state index contributed by atoms with van der Waals surface area (Å²) < 4.78 is 5.23. The third-order valence-electron chi connectivity index (χ3n) is 5.36. The number of carbonyl (C=O) groups excluding carboxylic acids is 1. The molecule has 3 aromatic rings. The normalized spacial score (nSPS) is 16.9. The minimum absolute atomic E-state index is 0.156. The zero-order valence-corrected chi connectivity index (χ0v) is 19.6. The number of methoxy groups -OCH3 is 1. The summed E-state index contributed by atoms with van der Waals surface area (Å²) in [6.07, 6.45) is 0.554. The van der Waals surface area contributed by atoms with Gasteiger partial charge >= 0.3 is 6.03 Å². The van der Waals surface area contributed by atoms with Gasteiger partial charge in [0.25, 0.3) is 0 Å². The lowest BCUT2D eigenvalue weighted by Gasteiger charge is -2.29. The largest absolute Gasteiger partial charge is 0.497 e. The minimum Gasteiger partial charge on any atom is -0.497 e. The highest BCUT2D eigenvalue weighted by Crippen LogP contribution is 2.28. The van der Waals surface area contributed by atoms with Crippen LogP contribution in [0.2, 0.25) is 10.2 Å². The highest BCUT2D eigenvalue weighted by Gasteiger charge is 2.40. The third kappa shape index (κ3) is 4.92. The Balaban J connectivity index is 1.57. The Labute approximate surface area is 196 Å². The number of nitrogens with one attached hydrogen (secondary N) is 1. The fourth-order valence-corrected chi connectivity index (χ4v) is 4.33. The van der Waals surface area contributed by atoms with Gasteiger partial charge < -0.3 is 24.6 Å². The molecule has 2 N–H and O–H groups in total. The van der Waals surface area contributed by atoms with E-state index in [2.05, 4.69) is 15.0 Å². The Kier molecular flexibility index (Phi) is 6.20. The molecular formula is C22H25Cl2N5O3. The van der Waals surface area contributed by atoms with Crippen molar-refractivity contribution in [2.75, 3.05) is 20.2 Å². The van der Waals surface area contributed by atoms with Crippen molar-refractivity contribution in [3.63, 3.8) is 0 Å². The number of benzene rings is 1. The maximum absolute atomic E-state index is 13.3. The quantitative estimate of drug-likeness (QED) is 0.503. The Morgan fingerprint density at radius 3 is 2.72 bits per heavy atom. The van der Waals surface area contributed by atoms with E-state index in [0.717, 1.165) is 11.1 Å². The number of β-amino-alcohol motifs (C(OH)–C–C–N with tert-alkyl or cyclic N) is 1. The van der Waals surface area contributed by atoms with Crippen LogP contribution in [0.25, 0.3) is 11.2 Å². The van der Waals surface area contributed by atoms with Crippen LogP contribution >= 0.6 is 23.2 Å². The number of hydrogen-bond donors (Lipinski definition) is 2. The topological polar surface area (TPSA) is 94.6 Å².